The predicted octanol–water partition coefficient (Wildman–Crippen LogP) is 4.37. The molecule has 2 rings (SSSR count). The van der Waals surface area contributed by atoms with Crippen LogP contribution >= 0.6 is 0 Å². The van der Waals surface area contributed by atoms with Gasteiger partial charge in [-0.25, -0.2) is 14.4 Å². The number of methoxy groups -OCH3 is 1. The zero-order chi connectivity index (χ0) is 26.4. The summed E-state index contributed by atoms with van der Waals surface area (Å²) in [5, 5.41) is 2.81. The number of nitrogens with zero attached hydrogens (tertiary/aromatic N) is 1. The van der Waals surface area contributed by atoms with E-state index in [-0.39, 0.29) is 6.42 Å². The summed E-state index contributed by atoms with van der Waals surface area (Å²) in [6.07, 6.45) is 0.261. The molecule has 1 aliphatic carbocycles. The highest BCUT2D eigenvalue weighted by Crippen LogP contribution is 2.31. The smallest absolute Gasteiger partial charge is 0.420 e. The molecule has 1 atom stereocenters. The lowest BCUT2D eigenvalue weighted by Gasteiger charge is -2.35. The van der Waals surface area contributed by atoms with Gasteiger partial charge in [0, 0.05) is 6.42 Å². The van der Waals surface area contributed by atoms with Crippen molar-refractivity contribution in [1.29, 1.82) is 0 Å². The summed E-state index contributed by atoms with van der Waals surface area (Å²) in [5.74, 6) is -1.22. The molecule has 3 amide bonds. The van der Waals surface area contributed by atoms with Crippen LogP contribution in [0.1, 0.15) is 72.8 Å². The van der Waals surface area contributed by atoms with E-state index in [1.54, 1.807) is 65.8 Å². The minimum Gasteiger partial charge on any atom is -0.467 e. The number of carbonyl (C=O) groups excluding carboxylic acids is 4. The van der Waals surface area contributed by atoms with Gasteiger partial charge in [-0.15, -0.1) is 0 Å². The van der Waals surface area contributed by atoms with Crippen molar-refractivity contribution in [3.8, 4) is 0 Å². The Morgan fingerprint density at radius 3 is 1.83 bits per heavy atom. The molecule has 0 heterocycles. The van der Waals surface area contributed by atoms with Crippen LogP contribution in [0.4, 0.5) is 9.59 Å². The van der Waals surface area contributed by atoms with Gasteiger partial charge in [0.05, 0.1) is 7.11 Å². The number of esters is 1. The highest BCUT2D eigenvalue weighted by molar-refractivity contribution is 5.98. The molecule has 1 aromatic rings. The Labute approximate surface area is 207 Å². The molecule has 1 aromatic carbocycles. The van der Waals surface area contributed by atoms with Crippen LogP contribution in [0.5, 0.6) is 0 Å². The van der Waals surface area contributed by atoms with Crippen LogP contribution in [0.25, 0.3) is 0 Å². The largest absolute Gasteiger partial charge is 0.467 e. The van der Waals surface area contributed by atoms with Crippen LogP contribution in [0.3, 0.4) is 0 Å². The Hall–Kier alpha value is -3.10. The van der Waals surface area contributed by atoms with Crippen LogP contribution in [-0.2, 0) is 30.2 Å². The minimum atomic E-state index is -1.33. The normalized spacial score (nSPS) is 16.1. The summed E-state index contributed by atoms with van der Waals surface area (Å²) < 4.78 is 15.9. The fourth-order valence-electron chi connectivity index (χ4n) is 3.96. The van der Waals surface area contributed by atoms with Gasteiger partial charge in [-0.3, -0.25) is 4.79 Å². The Balaban J connectivity index is 2.52. The Kier molecular flexibility index (Phi) is 8.92. The molecule has 0 bridgehead atoms. The van der Waals surface area contributed by atoms with E-state index in [2.05, 4.69) is 5.32 Å². The summed E-state index contributed by atoms with van der Waals surface area (Å²) in [5.41, 5.74) is -2.36. The zero-order valence-corrected chi connectivity index (χ0v) is 21.8. The third kappa shape index (κ3) is 7.97. The molecule has 0 aliphatic heterocycles. The van der Waals surface area contributed by atoms with Gasteiger partial charge in [-0.05, 0) is 59.9 Å². The number of rotatable bonds is 6. The molecule has 1 aliphatic rings. The van der Waals surface area contributed by atoms with Gasteiger partial charge in [0.25, 0.3) is 0 Å². The van der Waals surface area contributed by atoms with Crippen LogP contribution in [0.2, 0.25) is 0 Å². The van der Waals surface area contributed by atoms with E-state index in [9.17, 15) is 19.2 Å². The second-order valence-electron chi connectivity index (χ2n) is 10.8. The lowest BCUT2D eigenvalue weighted by molar-refractivity contribution is -0.151. The first-order valence-electron chi connectivity index (χ1n) is 11.9. The van der Waals surface area contributed by atoms with Crippen molar-refractivity contribution >= 4 is 24.1 Å². The molecule has 1 fully saturated rings. The lowest BCUT2D eigenvalue weighted by Crippen LogP contribution is -2.61. The summed E-state index contributed by atoms with van der Waals surface area (Å²) in [6, 6.07) is 7.65. The molecule has 0 radical (unpaired) electrons. The predicted molar refractivity (Wildman–Crippen MR) is 130 cm³/mol. The SMILES string of the molecule is COC(=O)C1(NC(=O)[C@@H](Cc2ccccc2)N(C(=O)OC(C)(C)C)C(=O)OC(C)(C)C)CCCC1. The van der Waals surface area contributed by atoms with E-state index in [4.69, 9.17) is 14.2 Å². The summed E-state index contributed by atoms with van der Waals surface area (Å²) in [4.78, 5) is 53.6. The van der Waals surface area contributed by atoms with Gasteiger partial charge in [0.2, 0.25) is 5.91 Å². The zero-order valence-electron chi connectivity index (χ0n) is 21.8. The van der Waals surface area contributed by atoms with Gasteiger partial charge in [-0.1, -0.05) is 43.2 Å². The maximum atomic E-state index is 13.7. The summed E-state index contributed by atoms with van der Waals surface area (Å²) in [6.45, 7) is 9.97. The van der Waals surface area contributed by atoms with Gasteiger partial charge < -0.3 is 19.5 Å². The number of hydrogen-bond donors (Lipinski definition) is 1. The Bertz CT molecular complexity index is 882. The minimum absolute atomic E-state index is 0.00239. The number of imide groups is 1. The van der Waals surface area contributed by atoms with Crippen LogP contribution < -0.4 is 5.32 Å². The summed E-state index contributed by atoms with van der Waals surface area (Å²) >= 11 is 0. The van der Waals surface area contributed by atoms with E-state index in [1.165, 1.54) is 7.11 Å². The quantitative estimate of drug-likeness (QED) is 0.465. The fourth-order valence-corrected chi connectivity index (χ4v) is 3.96. The number of carbonyl (C=O) groups is 4. The first kappa shape index (κ1) is 28.1. The van der Waals surface area contributed by atoms with E-state index in [0.717, 1.165) is 12.8 Å². The van der Waals surface area contributed by atoms with Crippen molar-refractivity contribution in [3.05, 3.63) is 35.9 Å². The number of amides is 3. The fraction of sp³-hybridized carbons (Fsp3) is 0.615. The van der Waals surface area contributed by atoms with Crippen LogP contribution in [0, 0.1) is 0 Å². The molecule has 0 spiro atoms. The first-order valence-corrected chi connectivity index (χ1v) is 11.9. The molecule has 0 aromatic heterocycles. The average molecular weight is 491 g/mol. The average Bonchev–Trinajstić information content (AvgIpc) is 3.20. The van der Waals surface area contributed by atoms with Crippen molar-refractivity contribution in [3.63, 3.8) is 0 Å². The number of nitrogens with one attached hydrogen (secondary N) is 1. The van der Waals surface area contributed by atoms with Gasteiger partial charge in [0.15, 0.2) is 0 Å². The first-order chi connectivity index (χ1) is 16.2. The van der Waals surface area contributed by atoms with E-state index < -0.39 is 46.8 Å². The molecule has 0 unspecified atom stereocenters. The standard InChI is InChI=1S/C26H38N2O7/c1-24(2,3)34-22(31)28(23(32)35-25(4,5)6)19(17-18-13-9-8-10-14-18)20(29)27-26(21(30)33-7)15-11-12-16-26/h8-10,13-14,19H,11-12,15-17H2,1-7H3,(H,27,29)/t19-/m1/s1. The highest BCUT2D eigenvalue weighted by Gasteiger charge is 2.47. The molecule has 9 heteroatoms. The third-order valence-corrected chi connectivity index (χ3v) is 5.46. The van der Waals surface area contributed by atoms with Crippen LogP contribution in [0.15, 0.2) is 30.3 Å². The summed E-state index contributed by atoms with van der Waals surface area (Å²) in [7, 11) is 1.27. The van der Waals surface area contributed by atoms with Crippen molar-refractivity contribution < 1.29 is 33.4 Å². The van der Waals surface area contributed by atoms with Gasteiger partial charge in [-0.2, -0.15) is 4.90 Å². The molecule has 1 N–H and O–H groups in total. The Morgan fingerprint density at radius 2 is 1.40 bits per heavy atom. The van der Waals surface area contributed by atoms with Gasteiger partial charge >= 0.3 is 18.2 Å². The molecular formula is C26H38N2O7. The second-order valence-corrected chi connectivity index (χ2v) is 10.8. The van der Waals surface area contributed by atoms with E-state index in [1.807, 2.05) is 6.07 Å². The lowest BCUT2D eigenvalue weighted by atomic mass is 9.95. The molecule has 9 nitrogen and oxygen atoms in total. The van der Waals surface area contributed by atoms with Gasteiger partial charge in [0.1, 0.15) is 22.8 Å². The molecule has 194 valence electrons. The van der Waals surface area contributed by atoms with E-state index >= 15 is 0 Å². The third-order valence-electron chi connectivity index (χ3n) is 5.46. The maximum Gasteiger partial charge on any atom is 0.420 e. The van der Waals surface area contributed by atoms with Crippen LogP contribution in [-0.4, -0.2) is 58.9 Å². The van der Waals surface area contributed by atoms with Crippen molar-refractivity contribution in [2.45, 2.75) is 96.4 Å². The molecule has 1 saturated carbocycles. The number of hydrogen-bond acceptors (Lipinski definition) is 7. The molecule has 0 saturated heterocycles. The van der Waals surface area contributed by atoms with Crippen molar-refractivity contribution in [1.82, 2.24) is 10.2 Å². The molecular weight excluding hydrogens is 452 g/mol. The number of benzene rings is 1. The number of ether oxygens (including phenoxy) is 3. The second kappa shape index (κ2) is 11.1. The molecule has 35 heavy (non-hydrogen) atoms. The highest BCUT2D eigenvalue weighted by atomic mass is 16.6. The topological polar surface area (TPSA) is 111 Å². The maximum absolute atomic E-state index is 13.7. The van der Waals surface area contributed by atoms with E-state index in [0.29, 0.717) is 23.3 Å². The monoisotopic (exact) mass is 490 g/mol. The Morgan fingerprint density at radius 1 is 0.914 bits per heavy atom. The van der Waals surface area contributed by atoms with Crippen molar-refractivity contribution in [2.24, 2.45) is 0 Å². The van der Waals surface area contributed by atoms with Crippen molar-refractivity contribution in [2.75, 3.05) is 7.11 Å².